The molecule has 0 spiro atoms. The molecular formula is C12H22O11. The molecule has 11 nitrogen and oxygen atoms in total. The summed E-state index contributed by atoms with van der Waals surface area (Å²) in [6.07, 6.45) is -15.6. The lowest BCUT2D eigenvalue weighted by molar-refractivity contribution is -0.355. The Labute approximate surface area is 130 Å². The van der Waals surface area contributed by atoms with Gasteiger partial charge in [0.25, 0.3) is 0 Å². The number of hydrogen-bond donors (Lipinski definition) is 8. The molecule has 0 radical (unpaired) electrons. The normalized spacial score (nSPS) is 51.7. The van der Waals surface area contributed by atoms with Gasteiger partial charge in [-0.15, -0.1) is 0 Å². The third kappa shape index (κ3) is 3.65. The summed E-state index contributed by atoms with van der Waals surface area (Å²) in [4.78, 5) is 0. The van der Waals surface area contributed by atoms with Crippen LogP contribution in [0.3, 0.4) is 0 Å². The molecule has 11 heteroatoms. The smallest absolute Gasteiger partial charge is 0.187 e. The largest absolute Gasteiger partial charge is 0.394 e. The van der Waals surface area contributed by atoms with Crippen LogP contribution in [0.5, 0.6) is 0 Å². The summed E-state index contributed by atoms with van der Waals surface area (Å²) >= 11 is 0. The Morgan fingerprint density at radius 3 is 1.83 bits per heavy atom. The first-order chi connectivity index (χ1) is 10.8. The summed E-state index contributed by atoms with van der Waals surface area (Å²) < 4.78 is 15.3. The van der Waals surface area contributed by atoms with E-state index in [1.165, 1.54) is 0 Å². The van der Waals surface area contributed by atoms with E-state index in [2.05, 4.69) is 0 Å². The summed E-state index contributed by atoms with van der Waals surface area (Å²) in [5.74, 6) is 0. The quantitative estimate of drug-likeness (QED) is 0.225. The van der Waals surface area contributed by atoms with Gasteiger partial charge in [-0.05, 0) is 0 Å². The van der Waals surface area contributed by atoms with Crippen molar-refractivity contribution in [2.24, 2.45) is 0 Å². The highest BCUT2D eigenvalue weighted by Crippen LogP contribution is 2.28. The molecule has 10 atom stereocenters. The first-order valence-corrected chi connectivity index (χ1v) is 7.08. The van der Waals surface area contributed by atoms with Crippen LogP contribution in [0, 0.1) is 0 Å². The molecular weight excluding hydrogens is 332 g/mol. The molecule has 2 aliphatic heterocycles. The van der Waals surface area contributed by atoms with E-state index in [1.54, 1.807) is 0 Å². The topological polar surface area (TPSA) is 190 Å². The molecule has 0 aliphatic carbocycles. The lowest BCUT2D eigenvalue weighted by Gasteiger charge is -2.45. The van der Waals surface area contributed by atoms with Crippen molar-refractivity contribution < 1.29 is 55.1 Å². The summed E-state index contributed by atoms with van der Waals surface area (Å²) in [6, 6.07) is 0. The van der Waals surface area contributed by atoms with Crippen molar-refractivity contribution in [3.63, 3.8) is 0 Å². The van der Waals surface area contributed by atoms with Crippen molar-refractivity contribution in [1.29, 1.82) is 0 Å². The van der Waals surface area contributed by atoms with Crippen LogP contribution in [-0.4, -0.2) is 115 Å². The molecule has 136 valence electrons. The highest BCUT2D eigenvalue weighted by molar-refractivity contribution is 4.93. The van der Waals surface area contributed by atoms with Crippen LogP contribution in [0.1, 0.15) is 0 Å². The lowest BCUT2D eigenvalue weighted by Crippen LogP contribution is -2.64. The molecule has 2 fully saturated rings. The first kappa shape index (κ1) is 18.9. The average molecular weight is 354 g/mol. The number of rotatable bonds is 4. The fourth-order valence-corrected chi connectivity index (χ4v) is 2.57. The van der Waals surface area contributed by atoms with Gasteiger partial charge in [-0.3, -0.25) is 0 Å². The highest BCUT2D eigenvalue weighted by Gasteiger charge is 2.50. The Hall–Kier alpha value is -0.440. The van der Waals surface area contributed by atoms with Crippen molar-refractivity contribution >= 4 is 0 Å². The van der Waals surface area contributed by atoms with Gasteiger partial charge in [0.2, 0.25) is 0 Å². The summed E-state index contributed by atoms with van der Waals surface area (Å²) in [5.41, 5.74) is 0. The van der Waals surface area contributed by atoms with Crippen LogP contribution in [0.25, 0.3) is 0 Å². The minimum atomic E-state index is -1.74. The molecule has 2 rings (SSSR count). The zero-order valence-electron chi connectivity index (χ0n) is 12.0. The molecule has 8 N–H and O–H groups in total. The Kier molecular flexibility index (Phi) is 6.27. The fraction of sp³-hybridized carbons (Fsp3) is 1.00. The predicted molar refractivity (Wildman–Crippen MR) is 68.6 cm³/mol. The van der Waals surface area contributed by atoms with E-state index in [4.69, 9.17) is 19.3 Å². The third-order valence-electron chi connectivity index (χ3n) is 3.98. The number of aliphatic hydroxyl groups is 8. The molecule has 2 saturated heterocycles. The predicted octanol–water partition coefficient (Wildman–Crippen LogP) is -5.40. The zero-order valence-corrected chi connectivity index (χ0v) is 12.0. The third-order valence-corrected chi connectivity index (χ3v) is 3.98. The van der Waals surface area contributed by atoms with Gasteiger partial charge in [0.15, 0.2) is 12.6 Å². The van der Waals surface area contributed by atoms with Gasteiger partial charge in [-0.2, -0.15) is 0 Å². The van der Waals surface area contributed by atoms with Crippen LogP contribution in [0.4, 0.5) is 0 Å². The van der Waals surface area contributed by atoms with Crippen molar-refractivity contribution in [2.75, 3.05) is 13.2 Å². The van der Waals surface area contributed by atoms with E-state index in [9.17, 15) is 35.7 Å². The van der Waals surface area contributed by atoms with E-state index < -0.39 is 74.6 Å². The molecule has 0 amide bonds. The number of aliphatic hydroxyl groups excluding tert-OH is 8. The van der Waals surface area contributed by atoms with Crippen LogP contribution in [-0.2, 0) is 14.2 Å². The van der Waals surface area contributed by atoms with E-state index in [1.807, 2.05) is 0 Å². The second-order valence-electron chi connectivity index (χ2n) is 5.53. The SMILES string of the molecule is O[13CH2][13C@H]1O[13C@H](O[13C@H]2[13C@H](O)[13C@@H](O)[13CH](O)O[13C@@H]2[13CH2]O)[13C@H](O)[13C@@H](O)[13C@@H]1O. The standard InChI is InChI=1S/C12H22O11/c13-1-3-5(15)6(16)9(19)12(22-3)23-10-4(2-14)21-11(20)8(18)7(10)17/h3-20H,1-2H2/t3-,4-,5-,6+,7-,8-,9-,10-,11?,12-/m1/s1/i1+1,2+1,3+1,4+1,5+1,6+1,7+1,8+1,9+1,10+1,11+1,12+1. The molecule has 0 aromatic heterocycles. The molecule has 1 unspecified atom stereocenters. The van der Waals surface area contributed by atoms with Gasteiger partial charge < -0.3 is 55.1 Å². The van der Waals surface area contributed by atoms with Gasteiger partial charge >= 0.3 is 0 Å². The van der Waals surface area contributed by atoms with E-state index >= 15 is 0 Å². The first-order valence-electron chi connectivity index (χ1n) is 7.08. The second kappa shape index (κ2) is 7.63. The Bertz CT molecular complexity index is 378. The average Bonchev–Trinajstić information content (AvgIpc) is 2.55. The Morgan fingerprint density at radius 2 is 1.26 bits per heavy atom. The second-order valence-corrected chi connectivity index (χ2v) is 5.53. The van der Waals surface area contributed by atoms with Gasteiger partial charge in [0.1, 0.15) is 48.8 Å². The minimum Gasteiger partial charge on any atom is -0.394 e. The van der Waals surface area contributed by atoms with Crippen molar-refractivity contribution in [2.45, 2.75) is 61.4 Å². The van der Waals surface area contributed by atoms with Gasteiger partial charge in [-0.25, -0.2) is 0 Å². The monoisotopic (exact) mass is 354 g/mol. The van der Waals surface area contributed by atoms with Crippen LogP contribution in [0.15, 0.2) is 0 Å². The zero-order chi connectivity index (χ0) is 17.3. The van der Waals surface area contributed by atoms with Crippen molar-refractivity contribution in [3.8, 4) is 0 Å². The maximum absolute atomic E-state index is 9.94. The molecule has 0 bridgehead atoms. The minimum absolute atomic E-state index is 0.667. The van der Waals surface area contributed by atoms with E-state index in [-0.39, 0.29) is 0 Å². The summed E-state index contributed by atoms with van der Waals surface area (Å²) in [7, 11) is 0. The van der Waals surface area contributed by atoms with E-state index in [0.717, 1.165) is 0 Å². The Balaban J connectivity index is 2.11. The highest BCUT2D eigenvalue weighted by atomic mass is 16.9. The maximum atomic E-state index is 9.94. The van der Waals surface area contributed by atoms with Gasteiger partial charge in [0, 0.05) is 0 Å². The molecule has 2 aliphatic rings. The molecule has 0 aromatic rings. The molecule has 0 aromatic carbocycles. The van der Waals surface area contributed by atoms with Crippen LogP contribution in [0.2, 0.25) is 0 Å². The van der Waals surface area contributed by atoms with Crippen molar-refractivity contribution in [3.05, 3.63) is 0 Å². The maximum Gasteiger partial charge on any atom is 0.187 e. The van der Waals surface area contributed by atoms with Crippen LogP contribution < -0.4 is 0 Å². The molecule has 23 heavy (non-hydrogen) atoms. The van der Waals surface area contributed by atoms with Crippen LogP contribution >= 0.6 is 0 Å². The number of ether oxygens (including phenoxy) is 3. The lowest BCUT2D eigenvalue weighted by atomic mass is 10.9. The summed E-state index contributed by atoms with van der Waals surface area (Å²) in [5, 5.41) is 76.5. The summed E-state index contributed by atoms with van der Waals surface area (Å²) in [6.45, 7) is -1.35. The molecule has 2 heterocycles. The van der Waals surface area contributed by atoms with Gasteiger partial charge in [-0.1, -0.05) is 0 Å². The fourth-order valence-electron chi connectivity index (χ4n) is 2.57. The number of hydrogen-bond acceptors (Lipinski definition) is 11. The molecule has 0 saturated carbocycles. The van der Waals surface area contributed by atoms with Gasteiger partial charge in [0.05, 0.1) is 13.2 Å². The van der Waals surface area contributed by atoms with Crippen molar-refractivity contribution in [1.82, 2.24) is 0 Å². The van der Waals surface area contributed by atoms with E-state index in [0.29, 0.717) is 0 Å². The Morgan fingerprint density at radius 1 is 0.652 bits per heavy atom.